The number of amides is 2. The summed E-state index contributed by atoms with van der Waals surface area (Å²) in [6.45, 7) is 0.235. The van der Waals surface area contributed by atoms with Gasteiger partial charge in [-0.2, -0.15) is 0 Å². The Labute approximate surface area is 158 Å². The molecule has 0 bridgehead atoms. The van der Waals surface area contributed by atoms with Crippen LogP contribution in [0.2, 0.25) is 0 Å². The fourth-order valence-electron chi connectivity index (χ4n) is 2.08. The number of hydrogen-bond donors (Lipinski definition) is 4. The summed E-state index contributed by atoms with van der Waals surface area (Å²) < 4.78 is 48.7. The van der Waals surface area contributed by atoms with Crippen LogP contribution in [0.3, 0.4) is 0 Å². The van der Waals surface area contributed by atoms with Crippen LogP contribution < -0.4 is 20.5 Å². The quantitative estimate of drug-likeness (QED) is 0.500. The van der Waals surface area contributed by atoms with Gasteiger partial charge in [0.1, 0.15) is 0 Å². The third kappa shape index (κ3) is 7.25. The van der Waals surface area contributed by atoms with Crippen molar-refractivity contribution in [1.29, 1.82) is 0 Å². The van der Waals surface area contributed by atoms with Crippen molar-refractivity contribution in [3.63, 3.8) is 0 Å². The molecule has 11 heteroatoms. The van der Waals surface area contributed by atoms with Crippen LogP contribution in [0, 0.1) is 0 Å². The largest absolute Gasteiger partial charge is 0.337 e. The van der Waals surface area contributed by atoms with Crippen molar-refractivity contribution >= 4 is 31.8 Å². The van der Waals surface area contributed by atoms with Gasteiger partial charge in [0.05, 0.1) is 10.6 Å². The number of carbonyl (C=O) groups is 1. The summed E-state index contributed by atoms with van der Waals surface area (Å²) >= 11 is 0. The maximum atomic E-state index is 12.0. The standard InChI is InChI=1S/C16H20N4O5S2/c17-27(24,25)15-8-6-14(7-9-15)20-26(22,23)11-10-18-16(21)19-12-13-4-2-1-3-5-13/h1-9,20H,10-12H2,(H2,17,24,25)(H2,18,19,21). The summed E-state index contributed by atoms with van der Waals surface area (Å²) in [6, 6.07) is 13.8. The molecule has 9 nitrogen and oxygen atoms in total. The van der Waals surface area contributed by atoms with E-state index in [4.69, 9.17) is 5.14 Å². The lowest BCUT2D eigenvalue weighted by atomic mass is 10.2. The monoisotopic (exact) mass is 412 g/mol. The molecule has 2 aromatic rings. The maximum absolute atomic E-state index is 12.0. The second-order valence-electron chi connectivity index (χ2n) is 5.59. The molecule has 0 atom stereocenters. The first-order valence-corrected chi connectivity index (χ1v) is 11.0. The van der Waals surface area contributed by atoms with Crippen molar-refractivity contribution in [2.45, 2.75) is 11.4 Å². The molecule has 2 aromatic carbocycles. The van der Waals surface area contributed by atoms with Gasteiger partial charge < -0.3 is 10.6 Å². The molecule has 0 radical (unpaired) electrons. The van der Waals surface area contributed by atoms with Gasteiger partial charge >= 0.3 is 6.03 Å². The van der Waals surface area contributed by atoms with E-state index >= 15 is 0 Å². The highest BCUT2D eigenvalue weighted by molar-refractivity contribution is 7.92. The van der Waals surface area contributed by atoms with Gasteiger partial charge in [-0.1, -0.05) is 30.3 Å². The average Bonchev–Trinajstić information content (AvgIpc) is 2.60. The number of nitrogens with one attached hydrogen (secondary N) is 3. The Morgan fingerprint density at radius 1 is 0.889 bits per heavy atom. The van der Waals surface area contributed by atoms with E-state index in [1.54, 1.807) is 0 Å². The molecule has 0 spiro atoms. The normalized spacial score (nSPS) is 11.6. The van der Waals surface area contributed by atoms with Crippen molar-refractivity contribution in [3.05, 3.63) is 60.2 Å². The predicted molar refractivity (Wildman–Crippen MR) is 102 cm³/mol. The van der Waals surface area contributed by atoms with Crippen LogP contribution in [0.1, 0.15) is 5.56 Å². The minimum Gasteiger partial charge on any atom is -0.337 e. The molecule has 0 fully saturated rings. The highest BCUT2D eigenvalue weighted by Gasteiger charge is 2.12. The van der Waals surface area contributed by atoms with Gasteiger partial charge in [-0.25, -0.2) is 26.8 Å². The van der Waals surface area contributed by atoms with Gasteiger partial charge in [-0.15, -0.1) is 0 Å². The molecule has 0 aliphatic carbocycles. The molecular weight excluding hydrogens is 392 g/mol. The number of anilines is 1. The summed E-state index contributed by atoms with van der Waals surface area (Å²) in [5.41, 5.74) is 1.11. The number of sulfonamides is 2. The van der Waals surface area contributed by atoms with Crippen molar-refractivity contribution < 1.29 is 21.6 Å². The van der Waals surface area contributed by atoms with Crippen LogP contribution in [0.25, 0.3) is 0 Å². The number of primary sulfonamides is 1. The van der Waals surface area contributed by atoms with Crippen molar-refractivity contribution in [1.82, 2.24) is 10.6 Å². The number of nitrogens with two attached hydrogens (primary N) is 1. The lowest BCUT2D eigenvalue weighted by Gasteiger charge is -2.10. The lowest BCUT2D eigenvalue weighted by Crippen LogP contribution is -2.38. The molecule has 0 unspecified atom stereocenters. The van der Waals surface area contributed by atoms with E-state index in [0.29, 0.717) is 6.54 Å². The molecule has 0 saturated heterocycles. The van der Waals surface area contributed by atoms with Gasteiger partial charge in [0.2, 0.25) is 20.0 Å². The first-order valence-electron chi connectivity index (χ1n) is 7.85. The molecule has 0 heterocycles. The topological polar surface area (TPSA) is 147 Å². The average molecular weight is 412 g/mol. The first-order chi connectivity index (χ1) is 12.7. The van der Waals surface area contributed by atoms with E-state index in [9.17, 15) is 21.6 Å². The van der Waals surface area contributed by atoms with E-state index in [-0.39, 0.29) is 22.9 Å². The lowest BCUT2D eigenvalue weighted by molar-refractivity contribution is 0.241. The second kappa shape index (κ2) is 8.84. The minimum absolute atomic E-state index is 0.0920. The number of hydrogen-bond acceptors (Lipinski definition) is 5. The summed E-state index contributed by atoms with van der Waals surface area (Å²) in [5.74, 6) is -0.345. The Morgan fingerprint density at radius 2 is 1.52 bits per heavy atom. The zero-order valence-electron chi connectivity index (χ0n) is 14.3. The molecule has 5 N–H and O–H groups in total. The second-order valence-corrected chi connectivity index (χ2v) is 8.99. The molecular formula is C16H20N4O5S2. The Morgan fingerprint density at radius 3 is 2.11 bits per heavy atom. The van der Waals surface area contributed by atoms with Gasteiger partial charge in [0, 0.05) is 18.8 Å². The zero-order valence-corrected chi connectivity index (χ0v) is 15.9. The van der Waals surface area contributed by atoms with Gasteiger partial charge in [0.15, 0.2) is 0 Å². The smallest absolute Gasteiger partial charge is 0.315 e. The fraction of sp³-hybridized carbons (Fsp3) is 0.188. The number of rotatable bonds is 8. The van der Waals surface area contributed by atoms with Gasteiger partial charge in [-0.3, -0.25) is 4.72 Å². The highest BCUT2D eigenvalue weighted by atomic mass is 32.2. The zero-order chi connectivity index (χ0) is 19.9. The maximum Gasteiger partial charge on any atom is 0.315 e. The molecule has 0 aliphatic heterocycles. The van der Waals surface area contributed by atoms with E-state index in [0.717, 1.165) is 5.56 Å². The van der Waals surface area contributed by atoms with E-state index in [1.165, 1.54) is 24.3 Å². The van der Waals surface area contributed by atoms with Crippen LogP contribution in [0.5, 0.6) is 0 Å². The molecule has 146 valence electrons. The van der Waals surface area contributed by atoms with Crippen molar-refractivity contribution in [2.24, 2.45) is 5.14 Å². The minimum atomic E-state index is -3.84. The molecule has 2 rings (SSSR count). The van der Waals surface area contributed by atoms with Crippen LogP contribution in [0.15, 0.2) is 59.5 Å². The summed E-state index contributed by atoms with van der Waals surface area (Å²) in [7, 11) is -7.56. The molecule has 27 heavy (non-hydrogen) atoms. The molecule has 2 amide bonds. The molecule has 0 saturated carbocycles. The van der Waals surface area contributed by atoms with E-state index < -0.39 is 26.1 Å². The first kappa shape index (κ1) is 20.7. The van der Waals surface area contributed by atoms with E-state index in [1.807, 2.05) is 30.3 Å². The van der Waals surface area contributed by atoms with Crippen LogP contribution in [-0.2, 0) is 26.6 Å². The van der Waals surface area contributed by atoms with Crippen molar-refractivity contribution in [3.8, 4) is 0 Å². The molecule has 0 aromatic heterocycles. The van der Waals surface area contributed by atoms with Gasteiger partial charge in [0.25, 0.3) is 0 Å². The number of urea groups is 1. The van der Waals surface area contributed by atoms with Crippen molar-refractivity contribution in [2.75, 3.05) is 17.0 Å². The van der Waals surface area contributed by atoms with Crippen LogP contribution in [0.4, 0.5) is 10.5 Å². The Bertz CT molecular complexity index is 975. The SMILES string of the molecule is NS(=O)(=O)c1ccc(NS(=O)(=O)CCNC(=O)NCc2ccccc2)cc1. The van der Waals surface area contributed by atoms with Crippen LogP contribution in [-0.4, -0.2) is 35.2 Å². The highest BCUT2D eigenvalue weighted by Crippen LogP contribution is 2.14. The van der Waals surface area contributed by atoms with Crippen LogP contribution >= 0.6 is 0 Å². The van der Waals surface area contributed by atoms with E-state index in [2.05, 4.69) is 15.4 Å². The summed E-state index contributed by atoms with van der Waals surface area (Å²) in [4.78, 5) is 11.6. The Hall–Kier alpha value is -2.63. The van der Waals surface area contributed by atoms with Gasteiger partial charge in [-0.05, 0) is 29.8 Å². The number of carbonyl (C=O) groups excluding carboxylic acids is 1. The molecule has 0 aliphatic rings. The third-order valence-corrected chi connectivity index (χ3v) is 5.63. The third-order valence-electron chi connectivity index (χ3n) is 3.41. The summed E-state index contributed by atoms with van der Waals surface area (Å²) in [5, 5.41) is 10.1. The Balaban J connectivity index is 1.78. The summed E-state index contributed by atoms with van der Waals surface area (Å²) in [6.07, 6.45) is 0. The fourth-order valence-corrected chi connectivity index (χ4v) is 3.57. The predicted octanol–water partition coefficient (Wildman–Crippen LogP) is 0.575. The number of benzene rings is 2. The Kier molecular flexibility index (Phi) is 6.77.